The van der Waals surface area contributed by atoms with Crippen molar-refractivity contribution in [1.82, 2.24) is 0 Å². The summed E-state index contributed by atoms with van der Waals surface area (Å²) in [7, 11) is 0. The van der Waals surface area contributed by atoms with Crippen molar-refractivity contribution in [3.63, 3.8) is 0 Å². The molecule has 4 heteroatoms. The quantitative estimate of drug-likeness (QED) is 0.721. The summed E-state index contributed by atoms with van der Waals surface area (Å²) in [5, 5.41) is 0. The van der Waals surface area contributed by atoms with Gasteiger partial charge in [-0.05, 0) is 31.0 Å². The van der Waals surface area contributed by atoms with Gasteiger partial charge in [0.05, 0.1) is 6.61 Å². The molecule has 0 unspecified atom stereocenters. The van der Waals surface area contributed by atoms with Crippen LogP contribution in [0, 0.1) is 0 Å². The van der Waals surface area contributed by atoms with Crippen molar-refractivity contribution in [2.45, 2.75) is 32.6 Å². The molecule has 0 amide bonds. The average molecular weight is 327 g/mol. The van der Waals surface area contributed by atoms with E-state index in [0.29, 0.717) is 26.1 Å². The summed E-state index contributed by atoms with van der Waals surface area (Å²) in [5.74, 6) is 1.16. The van der Waals surface area contributed by atoms with Gasteiger partial charge in [0.15, 0.2) is 0 Å². The van der Waals surface area contributed by atoms with Gasteiger partial charge in [-0.2, -0.15) is 0 Å². The second-order valence-corrected chi connectivity index (χ2v) is 5.58. The molecule has 0 saturated carbocycles. The van der Waals surface area contributed by atoms with Gasteiger partial charge in [-0.1, -0.05) is 15.9 Å². The highest BCUT2D eigenvalue weighted by Crippen LogP contribution is 2.33. The van der Waals surface area contributed by atoms with Crippen molar-refractivity contribution in [1.29, 1.82) is 0 Å². The maximum Gasteiger partial charge on any atom is 0.137 e. The Bertz CT molecular complexity index is 457. The molecule has 1 heterocycles. The molecule has 1 aromatic carbocycles. The minimum atomic E-state index is 0.246. The van der Waals surface area contributed by atoms with E-state index in [1.165, 1.54) is 5.56 Å². The Balaban J connectivity index is 1.94. The van der Waals surface area contributed by atoms with E-state index in [-0.39, 0.29) is 5.78 Å². The SMILES string of the molecule is CCOCCCC(=O)Cc1cc(Br)cc2c1OCC2. The van der Waals surface area contributed by atoms with Crippen LogP contribution in [0.25, 0.3) is 0 Å². The zero-order valence-corrected chi connectivity index (χ0v) is 12.8. The Labute approximate surface area is 122 Å². The number of rotatable bonds is 7. The fraction of sp³-hybridized carbons (Fsp3) is 0.533. The second kappa shape index (κ2) is 7.06. The van der Waals surface area contributed by atoms with Gasteiger partial charge in [0, 0.05) is 42.5 Å². The van der Waals surface area contributed by atoms with E-state index >= 15 is 0 Å². The van der Waals surface area contributed by atoms with E-state index in [0.717, 1.165) is 35.2 Å². The van der Waals surface area contributed by atoms with Crippen molar-refractivity contribution >= 4 is 21.7 Å². The van der Waals surface area contributed by atoms with Gasteiger partial charge >= 0.3 is 0 Å². The molecule has 0 atom stereocenters. The minimum absolute atomic E-state index is 0.246. The van der Waals surface area contributed by atoms with E-state index in [2.05, 4.69) is 22.0 Å². The fourth-order valence-electron chi connectivity index (χ4n) is 2.29. The third kappa shape index (κ3) is 4.05. The summed E-state index contributed by atoms with van der Waals surface area (Å²) >= 11 is 3.49. The summed E-state index contributed by atoms with van der Waals surface area (Å²) in [4.78, 5) is 12.0. The minimum Gasteiger partial charge on any atom is -0.493 e. The lowest BCUT2D eigenvalue weighted by atomic mass is 10.0. The highest BCUT2D eigenvalue weighted by molar-refractivity contribution is 9.10. The zero-order valence-electron chi connectivity index (χ0n) is 11.2. The molecule has 0 saturated heterocycles. The Morgan fingerprint density at radius 2 is 2.32 bits per heavy atom. The molecule has 0 radical (unpaired) electrons. The number of Topliss-reactive ketones (excluding diaryl/α,β-unsaturated/α-hetero) is 1. The Morgan fingerprint density at radius 1 is 1.47 bits per heavy atom. The molecule has 1 aromatic rings. The van der Waals surface area contributed by atoms with Gasteiger partial charge in [0.25, 0.3) is 0 Å². The predicted molar refractivity (Wildman–Crippen MR) is 77.8 cm³/mol. The third-order valence-electron chi connectivity index (χ3n) is 3.16. The molecule has 1 aliphatic rings. The Morgan fingerprint density at radius 3 is 3.11 bits per heavy atom. The molecule has 0 fully saturated rings. The fourth-order valence-corrected chi connectivity index (χ4v) is 2.85. The summed E-state index contributed by atoms with van der Waals surface area (Å²) in [6, 6.07) is 4.07. The Hall–Kier alpha value is -0.870. The molecule has 19 heavy (non-hydrogen) atoms. The summed E-state index contributed by atoms with van der Waals surface area (Å²) in [6.45, 7) is 4.05. The van der Waals surface area contributed by atoms with Gasteiger partial charge in [-0.25, -0.2) is 0 Å². The highest BCUT2D eigenvalue weighted by Gasteiger charge is 2.18. The van der Waals surface area contributed by atoms with Crippen LogP contribution in [0.15, 0.2) is 16.6 Å². The van der Waals surface area contributed by atoms with Crippen molar-refractivity contribution in [3.05, 3.63) is 27.7 Å². The highest BCUT2D eigenvalue weighted by atomic mass is 79.9. The normalized spacial score (nSPS) is 13.2. The van der Waals surface area contributed by atoms with Crippen LogP contribution in [0.3, 0.4) is 0 Å². The standard InChI is InChI=1S/C15H19BrO3/c1-2-18-6-3-4-14(17)10-12-9-13(16)8-11-5-7-19-15(11)12/h8-9H,2-7,10H2,1H3. The van der Waals surface area contributed by atoms with Crippen molar-refractivity contribution in [3.8, 4) is 5.75 Å². The number of carbonyl (C=O) groups excluding carboxylic acids is 1. The van der Waals surface area contributed by atoms with Crippen LogP contribution in [0.2, 0.25) is 0 Å². The zero-order chi connectivity index (χ0) is 13.7. The van der Waals surface area contributed by atoms with Crippen LogP contribution in [0.1, 0.15) is 30.9 Å². The number of halogens is 1. The van der Waals surface area contributed by atoms with E-state index < -0.39 is 0 Å². The molecule has 0 aliphatic carbocycles. The molecule has 1 aliphatic heterocycles. The third-order valence-corrected chi connectivity index (χ3v) is 3.62. The average Bonchev–Trinajstić information content (AvgIpc) is 2.82. The van der Waals surface area contributed by atoms with Crippen molar-refractivity contribution in [2.75, 3.05) is 19.8 Å². The number of fused-ring (bicyclic) bond motifs is 1. The number of benzene rings is 1. The lowest BCUT2D eigenvalue weighted by Gasteiger charge is -2.08. The largest absolute Gasteiger partial charge is 0.493 e. The first-order valence-corrected chi connectivity index (χ1v) is 7.53. The second-order valence-electron chi connectivity index (χ2n) is 4.67. The van der Waals surface area contributed by atoms with Gasteiger partial charge in [-0.3, -0.25) is 4.79 Å². The molecule has 104 valence electrons. The maximum absolute atomic E-state index is 12.0. The summed E-state index contributed by atoms with van der Waals surface area (Å²) < 4.78 is 11.9. The topological polar surface area (TPSA) is 35.5 Å². The molecule has 0 bridgehead atoms. The van der Waals surface area contributed by atoms with Gasteiger partial charge < -0.3 is 9.47 Å². The van der Waals surface area contributed by atoms with Gasteiger partial charge in [0.1, 0.15) is 11.5 Å². The molecular formula is C15H19BrO3. The van der Waals surface area contributed by atoms with Gasteiger partial charge in [-0.15, -0.1) is 0 Å². The maximum atomic E-state index is 12.0. The van der Waals surface area contributed by atoms with E-state index in [4.69, 9.17) is 9.47 Å². The van der Waals surface area contributed by atoms with Crippen LogP contribution >= 0.6 is 15.9 Å². The lowest BCUT2D eigenvalue weighted by Crippen LogP contribution is -2.06. The van der Waals surface area contributed by atoms with Crippen LogP contribution in [0.5, 0.6) is 5.75 Å². The molecule has 3 nitrogen and oxygen atoms in total. The van der Waals surface area contributed by atoms with Crippen molar-refractivity contribution in [2.24, 2.45) is 0 Å². The first-order chi connectivity index (χ1) is 9.20. The number of carbonyl (C=O) groups is 1. The number of hydrogen-bond acceptors (Lipinski definition) is 3. The van der Waals surface area contributed by atoms with Crippen LogP contribution in [0.4, 0.5) is 0 Å². The number of hydrogen-bond donors (Lipinski definition) is 0. The lowest BCUT2D eigenvalue weighted by molar-refractivity contribution is -0.118. The molecular weight excluding hydrogens is 308 g/mol. The molecule has 0 spiro atoms. The number of ketones is 1. The van der Waals surface area contributed by atoms with Crippen LogP contribution in [-0.2, 0) is 22.4 Å². The van der Waals surface area contributed by atoms with E-state index in [1.54, 1.807) is 0 Å². The van der Waals surface area contributed by atoms with Crippen molar-refractivity contribution < 1.29 is 14.3 Å². The van der Waals surface area contributed by atoms with E-state index in [1.807, 2.05) is 13.0 Å². The Kier molecular flexibility index (Phi) is 5.40. The first-order valence-electron chi connectivity index (χ1n) is 6.74. The van der Waals surface area contributed by atoms with E-state index in [9.17, 15) is 4.79 Å². The molecule has 2 rings (SSSR count). The first kappa shape index (κ1) is 14.5. The monoisotopic (exact) mass is 326 g/mol. The summed E-state index contributed by atoms with van der Waals surface area (Å²) in [5.41, 5.74) is 2.20. The summed E-state index contributed by atoms with van der Waals surface area (Å²) in [6.07, 6.45) is 2.75. The van der Waals surface area contributed by atoms with Gasteiger partial charge in [0.2, 0.25) is 0 Å². The smallest absolute Gasteiger partial charge is 0.137 e. The van der Waals surface area contributed by atoms with Crippen LogP contribution in [-0.4, -0.2) is 25.6 Å². The molecule has 0 N–H and O–H groups in total. The number of ether oxygens (including phenoxy) is 2. The van der Waals surface area contributed by atoms with Crippen LogP contribution < -0.4 is 4.74 Å². The molecule has 0 aromatic heterocycles. The predicted octanol–water partition coefficient (Wildman–Crippen LogP) is 3.31.